The minimum atomic E-state index is -3.27. The second kappa shape index (κ2) is 6.54. The first kappa shape index (κ1) is 18.3. The van der Waals surface area contributed by atoms with E-state index in [9.17, 15) is 8.42 Å². The molecule has 1 unspecified atom stereocenters. The van der Waals surface area contributed by atoms with Gasteiger partial charge in [0.2, 0.25) is 0 Å². The number of hydrogen-bond donors (Lipinski definition) is 1. The van der Waals surface area contributed by atoms with Gasteiger partial charge in [-0.25, -0.2) is 8.42 Å². The summed E-state index contributed by atoms with van der Waals surface area (Å²) in [5, 5.41) is 3.09. The van der Waals surface area contributed by atoms with Crippen LogP contribution in [-0.4, -0.2) is 40.7 Å². The summed E-state index contributed by atoms with van der Waals surface area (Å²) in [4.78, 5) is 0. The molecule has 0 heterocycles. The molecule has 1 N–H and O–H groups in total. The molecule has 5 nitrogen and oxygen atoms in total. The van der Waals surface area contributed by atoms with Gasteiger partial charge in [0.25, 0.3) is 0 Å². The molecule has 0 aliphatic carbocycles. The third-order valence-electron chi connectivity index (χ3n) is 3.75. The van der Waals surface area contributed by atoms with Gasteiger partial charge in [-0.15, -0.1) is 0 Å². The minimum absolute atomic E-state index is 0.401. The van der Waals surface area contributed by atoms with Gasteiger partial charge >= 0.3 is 0 Å². The number of nitrogens with one attached hydrogen (secondary N) is 1. The molecule has 1 atom stereocenters. The lowest BCUT2D eigenvalue weighted by atomic mass is 9.95. The second-order valence-corrected chi connectivity index (χ2v) is 8.78. The van der Waals surface area contributed by atoms with Crippen molar-refractivity contribution in [3.05, 3.63) is 22.2 Å². The molecule has 7 heteroatoms. The van der Waals surface area contributed by atoms with Gasteiger partial charge in [0.1, 0.15) is 0 Å². The summed E-state index contributed by atoms with van der Waals surface area (Å²) in [6, 6.07) is 3.16. The average Bonchev–Trinajstić information content (AvgIpc) is 2.39. The Morgan fingerprint density at radius 2 is 1.67 bits per heavy atom. The monoisotopic (exact) mass is 379 g/mol. The minimum Gasteiger partial charge on any atom is -0.493 e. The molecule has 0 aliphatic heterocycles. The standard InChI is InChI=1S/C14H22BrNO4S/c1-14(2,21(6,17)18)13(16-3)9-7-11(19-4)12(20-5)8-10(9)15/h7-8,13,16H,1-6H3. The molecule has 0 bridgehead atoms. The van der Waals surface area contributed by atoms with Crippen LogP contribution in [0.25, 0.3) is 0 Å². The van der Waals surface area contributed by atoms with Crippen LogP contribution in [-0.2, 0) is 9.84 Å². The predicted octanol–water partition coefficient (Wildman–Crippen LogP) is 2.55. The highest BCUT2D eigenvalue weighted by Crippen LogP contribution is 2.41. The molecular formula is C14H22BrNO4S. The third kappa shape index (κ3) is 3.52. The fourth-order valence-corrected chi connectivity index (χ4v) is 3.41. The van der Waals surface area contributed by atoms with E-state index in [2.05, 4.69) is 21.2 Å². The van der Waals surface area contributed by atoms with Gasteiger partial charge in [0.15, 0.2) is 21.3 Å². The van der Waals surface area contributed by atoms with E-state index >= 15 is 0 Å². The Bertz CT molecular complexity index is 614. The van der Waals surface area contributed by atoms with E-state index in [1.807, 2.05) is 0 Å². The zero-order valence-corrected chi connectivity index (χ0v) is 15.6. The molecule has 1 aromatic rings. The smallest absolute Gasteiger partial charge is 0.161 e. The van der Waals surface area contributed by atoms with Gasteiger partial charge in [0.05, 0.1) is 25.0 Å². The molecule has 0 fully saturated rings. The maximum atomic E-state index is 12.1. The lowest BCUT2D eigenvalue weighted by molar-refractivity contribution is 0.352. The molecule has 1 aromatic carbocycles. The maximum absolute atomic E-state index is 12.1. The van der Waals surface area contributed by atoms with E-state index in [-0.39, 0.29) is 0 Å². The number of hydrogen-bond acceptors (Lipinski definition) is 5. The first-order valence-corrected chi connectivity index (χ1v) is 9.06. The van der Waals surface area contributed by atoms with E-state index in [0.29, 0.717) is 11.5 Å². The summed E-state index contributed by atoms with van der Waals surface area (Å²) in [5.41, 5.74) is 0.797. The summed E-state index contributed by atoms with van der Waals surface area (Å²) in [6.45, 7) is 3.40. The lowest BCUT2D eigenvalue weighted by Crippen LogP contribution is -2.44. The van der Waals surface area contributed by atoms with E-state index in [0.717, 1.165) is 10.0 Å². The summed E-state index contributed by atoms with van der Waals surface area (Å²) >= 11 is 3.48. The first-order valence-electron chi connectivity index (χ1n) is 6.38. The summed E-state index contributed by atoms with van der Waals surface area (Å²) in [6.07, 6.45) is 1.24. The van der Waals surface area contributed by atoms with E-state index in [1.54, 1.807) is 47.2 Å². The number of sulfone groups is 1. The van der Waals surface area contributed by atoms with Crippen molar-refractivity contribution in [2.45, 2.75) is 24.6 Å². The van der Waals surface area contributed by atoms with Gasteiger partial charge in [-0.3, -0.25) is 0 Å². The van der Waals surface area contributed by atoms with Gasteiger partial charge in [-0.1, -0.05) is 15.9 Å². The van der Waals surface area contributed by atoms with Crippen molar-refractivity contribution in [3.8, 4) is 11.5 Å². The maximum Gasteiger partial charge on any atom is 0.161 e. The van der Waals surface area contributed by atoms with Gasteiger partial charge in [-0.2, -0.15) is 0 Å². The van der Waals surface area contributed by atoms with Crippen LogP contribution in [0.4, 0.5) is 0 Å². The van der Waals surface area contributed by atoms with Gasteiger partial charge in [-0.05, 0) is 38.6 Å². The Labute approximate surface area is 135 Å². The highest BCUT2D eigenvalue weighted by atomic mass is 79.9. The quantitative estimate of drug-likeness (QED) is 0.822. The molecule has 0 spiro atoms. The molecular weight excluding hydrogens is 358 g/mol. The molecule has 0 aliphatic rings. The van der Waals surface area contributed by atoms with Crippen LogP contribution in [0.15, 0.2) is 16.6 Å². The van der Waals surface area contributed by atoms with Crippen LogP contribution in [0.3, 0.4) is 0 Å². The van der Waals surface area contributed by atoms with Crippen LogP contribution < -0.4 is 14.8 Å². The van der Waals surface area contributed by atoms with Gasteiger partial charge in [0, 0.05) is 10.7 Å². The molecule has 0 amide bonds. The largest absolute Gasteiger partial charge is 0.493 e. The highest BCUT2D eigenvalue weighted by molar-refractivity contribution is 9.10. The lowest BCUT2D eigenvalue weighted by Gasteiger charge is -2.33. The normalized spacial score (nSPS) is 13.9. The van der Waals surface area contributed by atoms with Crippen molar-refractivity contribution in [2.75, 3.05) is 27.5 Å². The van der Waals surface area contributed by atoms with Crippen molar-refractivity contribution in [2.24, 2.45) is 0 Å². The topological polar surface area (TPSA) is 64.6 Å². The van der Waals surface area contributed by atoms with E-state index in [4.69, 9.17) is 9.47 Å². The van der Waals surface area contributed by atoms with Crippen LogP contribution in [0.1, 0.15) is 25.5 Å². The Kier molecular flexibility index (Phi) is 5.69. The van der Waals surface area contributed by atoms with Crippen molar-refractivity contribution < 1.29 is 17.9 Å². The zero-order chi connectivity index (χ0) is 16.4. The van der Waals surface area contributed by atoms with Crippen LogP contribution in [0, 0.1) is 0 Å². The molecule has 21 heavy (non-hydrogen) atoms. The Hall–Kier alpha value is -0.790. The SMILES string of the molecule is CNC(c1cc(OC)c(OC)cc1Br)C(C)(C)S(C)(=O)=O. The van der Waals surface area contributed by atoms with Crippen molar-refractivity contribution in [3.63, 3.8) is 0 Å². The highest BCUT2D eigenvalue weighted by Gasteiger charge is 2.40. The number of halogens is 1. The van der Waals surface area contributed by atoms with Crippen LogP contribution >= 0.6 is 15.9 Å². The number of rotatable bonds is 6. The van der Waals surface area contributed by atoms with Crippen LogP contribution in [0.2, 0.25) is 0 Å². The number of benzene rings is 1. The molecule has 1 rings (SSSR count). The van der Waals surface area contributed by atoms with Crippen molar-refractivity contribution in [1.29, 1.82) is 0 Å². The molecule has 120 valence electrons. The average molecular weight is 380 g/mol. The van der Waals surface area contributed by atoms with Crippen molar-refractivity contribution in [1.82, 2.24) is 5.32 Å². The van der Waals surface area contributed by atoms with E-state index in [1.165, 1.54) is 6.26 Å². The Morgan fingerprint density at radius 3 is 2.05 bits per heavy atom. The third-order valence-corrected chi connectivity index (χ3v) is 6.59. The molecule has 0 saturated heterocycles. The first-order chi connectivity index (χ1) is 9.60. The Balaban J connectivity index is 3.49. The molecule has 0 aromatic heterocycles. The summed E-state index contributed by atoms with van der Waals surface area (Å²) in [7, 11) is 1.57. The second-order valence-electron chi connectivity index (χ2n) is 5.33. The van der Waals surface area contributed by atoms with E-state index < -0.39 is 20.6 Å². The molecule has 0 radical (unpaired) electrons. The fraction of sp³-hybridized carbons (Fsp3) is 0.571. The number of ether oxygens (including phenoxy) is 2. The van der Waals surface area contributed by atoms with Crippen molar-refractivity contribution >= 4 is 25.8 Å². The molecule has 0 saturated carbocycles. The zero-order valence-electron chi connectivity index (χ0n) is 13.2. The predicted molar refractivity (Wildman–Crippen MR) is 88.0 cm³/mol. The summed E-state index contributed by atoms with van der Waals surface area (Å²) < 4.78 is 34.5. The van der Waals surface area contributed by atoms with Crippen LogP contribution in [0.5, 0.6) is 11.5 Å². The fourth-order valence-electron chi connectivity index (χ4n) is 2.18. The summed E-state index contributed by atoms with van der Waals surface area (Å²) in [5.74, 6) is 1.14. The number of methoxy groups -OCH3 is 2. The Morgan fingerprint density at radius 1 is 1.19 bits per heavy atom. The van der Waals surface area contributed by atoms with Gasteiger partial charge < -0.3 is 14.8 Å².